The molecule has 0 saturated carbocycles. The molecule has 0 aliphatic rings. The van der Waals surface area contributed by atoms with Crippen molar-refractivity contribution < 1.29 is 0 Å². The largest absolute Gasteiger partial charge is 0.342 e. The first-order chi connectivity index (χ1) is 6.72. The maximum Gasteiger partial charge on any atom is 0.181 e. The summed E-state index contributed by atoms with van der Waals surface area (Å²) in [6.07, 6.45) is 2.52. The van der Waals surface area contributed by atoms with E-state index in [1.165, 1.54) is 0 Å². The Hall–Kier alpha value is -1.45. The average molecular weight is 190 g/mol. The summed E-state index contributed by atoms with van der Waals surface area (Å²) in [5.74, 6) is 1.26. The number of rotatable bonds is 2. The predicted molar refractivity (Wildman–Crippen MR) is 55.2 cm³/mol. The van der Waals surface area contributed by atoms with Gasteiger partial charge in [0, 0.05) is 6.42 Å². The summed E-state index contributed by atoms with van der Waals surface area (Å²) in [6, 6.07) is 0. The molecule has 0 radical (unpaired) electrons. The molecule has 4 heteroatoms. The molecular weight excluding hydrogens is 176 g/mol. The van der Waals surface area contributed by atoms with E-state index < -0.39 is 0 Å². The molecule has 2 heterocycles. The number of fused-ring (bicyclic) bond motifs is 1. The van der Waals surface area contributed by atoms with Crippen LogP contribution in [0.2, 0.25) is 0 Å². The van der Waals surface area contributed by atoms with Gasteiger partial charge >= 0.3 is 0 Å². The lowest BCUT2D eigenvalue weighted by Crippen LogP contribution is -2.01. The minimum atomic E-state index is 0.395. The van der Waals surface area contributed by atoms with Gasteiger partial charge < -0.3 is 4.98 Å². The minimum Gasteiger partial charge on any atom is -0.342 e. The van der Waals surface area contributed by atoms with Gasteiger partial charge in [-0.1, -0.05) is 20.8 Å². The van der Waals surface area contributed by atoms with Gasteiger partial charge in [0.05, 0.1) is 12.0 Å². The van der Waals surface area contributed by atoms with Crippen LogP contribution < -0.4 is 0 Å². The van der Waals surface area contributed by atoms with Gasteiger partial charge in [-0.25, -0.2) is 15.0 Å². The third-order valence-corrected chi connectivity index (χ3v) is 2.22. The Bertz CT molecular complexity index is 444. The van der Waals surface area contributed by atoms with Crippen molar-refractivity contribution in [2.75, 3.05) is 0 Å². The number of imidazole rings is 1. The second-order valence-electron chi connectivity index (χ2n) is 3.63. The molecule has 0 aliphatic heterocycles. The molecule has 14 heavy (non-hydrogen) atoms. The molecule has 0 atom stereocenters. The van der Waals surface area contributed by atoms with Crippen molar-refractivity contribution in [2.45, 2.75) is 33.1 Å². The fraction of sp³-hybridized carbons (Fsp3) is 0.500. The minimum absolute atomic E-state index is 0.395. The molecule has 74 valence electrons. The molecule has 1 N–H and O–H groups in total. The second-order valence-corrected chi connectivity index (χ2v) is 3.63. The first-order valence-corrected chi connectivity index (χ1v) is 4.92. The number of nitrogens with one attached hydrogen (secondary N) is 1. The quantitative estimate of drug-likeness (QED) is 0.788. The Labute approximate surface area is 82.8 Å². The molecule has 2 rings (SSSR count). The fourth-order valence-corrected chi connectivity index (χ4v) is 1.48. The monoisotopic (exact) mass is 190 g/mol. The van der Waals surface area contributed by atoms with Crippen molar-refractivity contribution in [1.29, 1.82) is 0 Å². The van der Waals surface area contributed by atoms with Gasteiger partial charge in [0.25, 0.3) is 0 Å². The Balaban J connectivity index is 2.70. The van der Waals surface area contributed by atoms with E-state index in [2.05, 4.69) is 40.7 Å². The Kier molecular flexibility index (Phi) is 2.19. The molecular formula is C10H14N4. The average Bonchev–Trinajstić information content (AvgIpc) is 2.63. The van der Waals surface area contributed by atoms with Gasteiger partial charge in [0.1, 0.15) is 11.3 Å². The molecule has 0 unspecified atom stereocenters. The first-order valence-electron chi connectivity index (χ1n) is 4.92. The lowest BCUT2D eigenvalue weighted by Gasteiger charge is -2.06. The molecule has 2 aromatic heterocycles. The summed E-state index contributed by atoms with van der Waals surface area (Å²) in [4.78, 5) is 16.1. The van der Waals surface area contributed by atoms with Crippen molar-refractivity contribution in [3.63, 3.8) is 0 Å². The van der Waals surface area contributed by atoms with E-state index in [0.717, 1.165) is 29.1 Å². The molecule has 0 fully saturated rings. The van der Waals surface area contributed by atoms with Gasteiger partial charge in [-0.05, 0) is 5.92 Å². The van der Waals surface area contributed by atoms with Crippen molar-refractivity contribution in [3.05, 3.63) is 17.8 Å². The lowest BCUT2D eigenvalue weighted by atomic mass is 10.1. The first kappa shape index (κ1) is 9.12. The Morgan fingerprint density at radius 3 is 2.79 bits per heavy atom. The van der Waals surface area contributed by atoms with Gasteiger partial charge in [-0.3, -0.25) is 0 Å². The van der Waals surface area contributed by atoms with Crippen LogP contribution in [-0.2, 0) is 6.42 Å². The van der Waals surface area contributed by atoms with Crippen LogP contribution in [0.5, 0.6) is 0 Å². The molecule has 0 aromatic carbocycles. The number of aryl methyl sites for hydroxylation is 1. The normalized spacial score (nSPS) is 11.4. The lowest BCUT2D eigenvalue weighted by molar-refractivity contribution is 0.800. The number of aromatic nitrogens is 4. The smallest absolute Gasteiger partial charge is 0.181 e. The van der Waals surface area contributed by atoms with Crippen LogP contribution in [0, 0.1) is 0 Å². The van der Waals surface area contributed by atoms with E-state index in [9.17, 15) is 0 Å². The summed E-state index contributed by atoms with van der Waals surface area (Å²) >= 11 is 0. The summed E-state index contributed by atoms with van der Waals surface area (Å²) in [5.41, 5.74) is 2.81. The fourth-order valence-electron chi connectivity index (χ4n) is 1.48. The molecule has 2 aromatic rings. The summed E-state index contributed by atoms with van der Waals surface area (Å²) in [5, 5.41) is 0. The van der Waals surface area contributed by atoms with Crippen LogP contribution in [0.4, 0.5) is 0 Å². The number of hydrogen-bond donors (Lipinski definition) is 1. The van der Waals surface area contributed by atoms with Crippen molar-refractivity contribution >= 4 is 11.2 Å². The third kappa shape index (κ3) is 1.36. The molecule has 0 aliphatic carbocycles. The maximum absolute atomic E-state index is 4.51. The molecule has 4 nitrogen and oxygen atoms in total. The highest BCUT2D eigenvalue weighted by Gasteiger charge is 2.11. The van der Waals surface area contributed by atoms with E-state index in [1.54, 1.807) is 6.33 Å². The molecule has 0 bridgehead atoms. The van der Waals surface area contributed by atoms with Crippen LogP contribution in [0.1, 0.15) is 38.2 Å². The van der Waals surface area contributed by atoms with Crippen molar-refractivity contribution in [2.24, 2.45) is 0 Å². The van der Waals surface area contributed by atoms with E-state index in [0.29, 0.717) is 5.92 Å². The van der Waals surface area contributed by atoms with E-state index in [1.807, 2.05) is 0 Å². The van der Waals surface area contributed by atoms with Crippen LogP contribution in [0.15, 0.2) is 6.33 Å². The van der Waals surface area contributed by atoms with Gasteiger partial charge in [-0.15, -0.1) is 0 Å². The Morgan fingerprint density at radius 1 is 1.36 bits per heavy atom. The highest BCUT2D eigenvalue weighted by Crippen LogP contribution is 2.19. The van der Waals surface area contributed by atoms with E-state index in [-0.39, 0.29) is 0 Å². The molecule has 0 spiro atoms. The van der Waals surface area contributed by atoms with Crippen molar-refractivity contribution in [1.82, 2.24) is 19.9 Å². The zero-order valence-electron chi connectivity index (χ0n) is 8.70. The van der Waals surface area contributed by atoms with Crippen LogP contribution in [-0.4, -0.2) is 19.9 Å². The van der Waals surface area contributed by atoms with E-state index in [4.69, 9.17) is 0 Å². The number of H-pyrrole nitrogens is 1. The Morgan fingerprint density at radius 2 is 2.14 bits per heavy atom. The highest BCUT2D eigenvalue weighted by molar-refractivity contribution is 5.73. The van der Waals surface area contributed by atoms with E-state index >= 15 is 0 Å². The third-order valence-electron chi connectivity index (χ3n) is 2.22. The SMILES string of the molecule is CCc1nc(C(C)C)c2[nH]cnc2n1. The predicted octanol–water partition coefficient (Wildman–Crippen LogP) is 2.04. The summed E-state index contributed by atoms with van der Waals surface area (Å²) in [6.45, 7) is 6.31. The van der Waals surface area contributed by atoms with Crippen LogP contribution >= 0.6 is 0 Å². The number of aromatic amines is 1. The number of hydrogen-bond acceptors (Lipinski definition) is 3. The molecule has 0 amide bonds. The standard InChI is InChI=1S/C10H14N4/c1-4-7-13-8(6(2)3)9-10(14-7)12-5-11-9/h5-6H,4H2,1-3H3,(H,11,12,13,14). The number of nitrogens with zero attached hydrogens (tertiary/aromatic N) is 3. The summed E-state index contributed by atoms with van der Waals surface area (Å²) < 4.78 is 0. The van der Waals surface area contributed by atoms with Crippen LogP contribution in [0.3, 0.4) is 0 Å². The molecule has 0 saturated heterocycles. The zero-order chi connectivity index (χ0) is 10.1. The van der Waals surface area contributed by atoms with Crippen LogP contribution in [0.25, 0.3) is 11.2 Å². The highest BCUT2D eigenvalue weighted by atomic mass is 15.0. The van der Waals surface area contributed by atoms with Crippen molar-refractivity contribution in [3.8, 4) is 0 Å². The zero-order valence-corrected chi connectivity index (χ0v) is 8.70. The summed E-state index contributed by atoms with van der Waals surface area (Å²) in [7, 11) is 0. The topological polar surface area (TPSA) is 54.5 Å². The van der Waals surface area contributed by atoms with Gasteiger partial charge in [-0.2, -0.15) is 0 Å². The van der Waals surface area contributed by atoms with Gasteiger partial charge in [0.2, 0.25) is 0 Å². The van der Waals surface area contributed by atoms with Gasteiger partial charge in [0.15, 0.2) is 5.65 Å². The maximum atomic E-state index is 4.51. The second kappa shape index (κ2) is 3.36.